The fourth-order valence-corrected chi connectivity index (χ4v) is 2.39. The van der Waals surface area contributed by atoms with Gasteiger partial charge in [0.05, 0.1) is 0 Å². The first-order valence-electron chi connectivity index (χ1n) is 7.43. The van der Waals surface area contributed by atoms with Crippen molar-refractivity contribution in [2.24, 2.45) is 5.92 Å². The van der Waals surface area contributed by atoms with Crippen molar-refractivity contribution in [3.8, 4) is 5.75 Å². The van der Waals surface area contributed by atoms with E-state index in [4.69, 9.17) is 0 Å². The minimum absolute atomic E-state index is 0.0600. The molecule has 1 fully saturated rings. The van der Waals surface area contributed by atoms with Crippen LogP contribution in [0.15, 0.2) is 36.4 Å². The van der Waals surface area contributed by atoms with E-state index >= 15 is 0 Å². The molecule has 0 aliphatic heterocycles. The molecule has 22 heavy (non-hydrogen) atoms. The predicted molar refractivity (Wildman–Crippen MR) is 82.9 cm³/mol. The highest BCUT2D eigenvalue weighted by molar-refractivity contribution is 5.89. The number of phenolic OH excluding ortho intramolecular Hbond substituents is 1. The summed E-state index contributed by atoms with van der Waals surface area (Å²) >= 11 is 0. The molecular formula is C17H18N2O3. The second-order valence-electron chi connectivity index (χ2n) is 5.61. The molecule has 0 aromatic heterocycles. The van der Waals surface area contributed by atoms with E-state index in [-0.39, 0.29) is 29.9 Å². The number of carbonyl (C=O) groups is 2. The Morgan fingerprint density at radius 1 is 1.09 bits per heavy atom. The van der Waals surface area contributed by atoms with E-state index in [1.807, 2.05) is 36.4 Å². The number of carbonyl (C=O) groups excluding carboxylic acids is 2. The summed E-state index contributed by atoms with van der Waals surface area (Å²) in [6.07, 6.45) is 2.41. The van der Waals surface area contributed by atoms with E-state index in [1.54, 1.807) is 0 Å². The van der Waals surface area contributed by atoms with Crippen LogP contribution in [-0.2, 0) is 16.0 Å². The minimum atomic E-state index is -0.262. The molecule has 1 aliphatic rings. The number of phenols is 1. The zero-order chi connectivity index (χ0) is 15.5. The van der Waals surface area contributed by atoms with Crippen LogP contribution >= 0.6 is 0 Å². The lowest BCUT2D eigenvalue weighted by Gasteiger charge is -2.09. The van der Waals surface area contributed by atoms with Gasteiger partial charge >= 0.3 is 0 Å². The van der Waals surface area contributed by atoms with Gasteiger partial charge in [0, 0.05) is 17.7 Å². The first kappa shape index (κ1) is 14.4. The van der Waals surface area contributed by atoms with Crippen molar-refractivity contribution >= 4 is 22.6 Å². The number of fused-ring (bicyclic) bond motifs is 1. The van der Waals surface area contributed by atoms with Crippen LogP contribution in [0.3, 0.4) is 0 Å². The summed E-state index contributed by atoms with van der Waals surface area (Å²) in [5.41, 5.74) is 5.56. The summed E-state index contributed by atoms with van der Waals surface area (Å²) in [5.74, 6) is -0.110. The molecule has 0 unspecified atom stereocenters. The maximum absolute atomic E-state index is 11.7. The number of benzene rings is 2. The Bertz CT molecular complexity index is 723. The number of aromatic hydroxyl groups is 1. The molecule has 0 atom stereocenters. The molecule has 0 bridgehead atoms. The van der Waals surface area contributed by atoms with Crippen molar-refractivity contribution in [3.63, 3.8) is 0 Å². The van der Waals surface area contributed by atoms with E-state index in [2.05, 4.69) is 10.9 Å². The highest BCUT2D eigenvalue weighted by Crippen LogP contribution is 2.29. The van der Waals surface area contributed by atoms with E-state index in [0.717, 1.165) is 29.2 Å². The molecule has 2 amide bonds. The van der Waals surface area contributed by atoms with Crippen LogP contribution < -0.4 is 10.9 Å². The fraction of sp³-hybridized carbons (Fsp3) is 0.294. The monoisotopic (exact) mass is 298 g/mol. The van der Waals surface area contributed by atoms with E-state index in [9.17, 15) is 14.7 Å². The van der Waals surface area contributed by atoms with Gasteiger partial charge in [0.1, 0.15) is 5.75 Å². The summed E-state index contributed by atoms with van der Waals surface area (Å²) in [6.45, 7) is 0. The average Bonchev–Trinajstić information content (AvgIpc) is 3.37. The van der Waals surface area contributed by atoms with Crippen LogP contribution in [0.4, 0.5) is 0 Å². The van der Waals surface area contributed by atoms with Gasteiger partial charge in [-0.05, 0) is 30.2 Å². The lowest BCUT2D eigenvalue weighted by molar-refractivity contribution is -0.129. The first-order chi connectivity index (χ1) is 10.6. The largest absolute Gasteiger partial charge is 0.507 e. The molecule has 0 heterocycles. The second kappa shape index (κ2) is 6.05. The molecular weight excluding hydrogens is 280 g/mol. The number of hydrazine groups is 1. The third-order valence-corrected chi connectivity index (χ3v) is 3.88. The Labute approximate surface area is 128 Å². The summed E-state index contributed by atoms with van der Waals surface area (Å²) in [6, 6.07) is 11.3. The Hall–Kier alpha value is -2.56. The number of amides is 2. The van der Waals surface area contributed by atoms with Crippen LogP contribution in [-0.4, -0.2) is 16.9 Å². The molecule has 0 radical (unpaired) electrons. The van der Waals surface area contributed by atoms with Gasteiger partial charge in [-0.3, -0.25) is 20.4 Å². The van der Waals surface area contributed by atoms with Gasteiger partial charge < -0.3 is 5.11 Å². The molecule has 0 saturated heterocycles. The lowest BCUT2D eigenvalue weighted by Crippen LogP contribution is -2.42. The summed E-state index contributed by atoms with van der Waals surface area (Å²) in [5, 5.41) is 12.0. The van der Waals surface area contributed by atoms with Crippen molar-refractivity contribution in [1.29, 1.82) is 0 Å². The Morgan fingerprint density at radius 2 is 1.86 bits per heavy atom. The minimum Gasteiger partial charge on any atom is -0.507 e. The highest BCUT2D eigenvalue weighted by Gasteiger charge is 2.29. The van der Waals surface area contributed by atoms with Gasteiger partial charge in [0.2, 0.25) is 11.8 Å². The van der Waals surface area contributed by atoms with Crippen molar-refractivity contribution in [2.75, 3.05) is 0 Å². The SMILES string of the molecule is O=C(CCc1ccc2ccccc2c1O)NNC(=O)C1CC1. The van der Waals surface area contributed by atoms with Gasteiger partial charge in [-0.25, -0.2) is 0 Å². The van der Waals surface area contributed by atoms with Gasteiger partial charge in [-0.2, -0.15) is 0 Å². The van der Waals surface area contributed by atoms with E-state index in [1.165, 1.54) is 0 Å². The molecule has 114 valence electrons. The second-order valence-corrected chi connectivity index (χ2v) is 5.61. The molecule has 5 nitrogen and oxygen atoms in total. The molecule has 0 spiro atoms. The molecule has 1 saturated carbocycles. The Balaban J connectivity index is 1.57. The van der Waals surface area contributed by atoms with Gasteiger partial charge in [-0.1, -0.05) is 36.4 Å². The third-order valence-electron chi connectivity index (χ3n) is 3.88. The molecule has 5 heteroatoms. The number of aryl methyl sites for hydroxylation is 1. The van der Waals surface area contributed by atoms with Crippen molar-refractivity contribution in [1.82, 2.24) is 10.9 Å². The van der Waals surface area contributed by atoms with E-state index in [0.29, 0.717) is 6.42 Å². The first-order valence-corrected chi connectivity index (χ1v) is 7.43. The number of rotatable bonds is 4. The fourth-order valence-electron chi connectivity index (χ4n) is 2.39. The molecule has 3 N–H and O–H groups in total. The standard InChI is InChI=1S/C17H18N2O3/c20-15(18-19-17(22)13-7-8-13)10-9-12-6-5-11-3-1-2-4-14(11)16(12)21/h1-6,13,21H,7-10H2,(H,18,20)(H,19,22). The molecule has 1 aliphatic carbocycles. The molecule has 2 aromatic rings. The Morgan fingerprint density at radius 3 is 2.64 bits per heavy atom. The summed E-state index contributed by atoms with van der Waals surface area (Å²) < 4.78 is 0. The van der Waals surface area contributed by atoms with Crippen molar-refractivity contribution in [2.45, 2.75) is 25.7 Å². The summed E-state index contributed by atoms with van der Waals surface area (Å²) in [4.78, 5) is 23.1. The normalized spacial score (nSPS) is 13.8. The van der Waals surface area contributed by atoms with E-state index < -0.39 is 0 Å². The zero-order valence-electron chi connectivity index (χ0n) is 12.1. The lowest BCUT2D eigenvalue weighted by atomic mass is 10.0. The quantitative estimate of drug-likeness (QED) is 0.756. The van der Waals surface area contributed by atoms with Crippen molar-refractivity contribution < 1.29 is 14.7 Å². The Kier molecular flexibility index (Phi) is 3.96. The van der Waals surface area contributed by atoms with Gasteiger partial charge in [0.25, 0.3) is 0 Å². The number of nitrogens with one attached hydrogen (secondary N) is 2. The summed E-state index contributed by atoms with van der Waals surface area (Å²) in [7, 11) is 0. The molecule has 3 rings (SSSR count). The smallest absolute Gasteiger partial charge is 0.241 e. The van der Waals surface area contributed by atoms with Crippen LogP contribution in [0.2, 0.25) is 0 Å². The number of hydrogen-bond acceptors (Lipinski definition) is 3. The molecule has 2 aromatic carbocycles. The average molecular weight is 298 g/mol. The maximum atomic E-state index is 11.7. The third kappa shape index (κ3) is 3.19. The highest BCUT2D eigenvalue weighted by atomic mass is 16.3. The van der Waals surface area contributed by atoms with Gasteiger partial charge in [0.15, 0.2) is 0 Å². The number of hydrogen-bond donors (Lipinski definition) is 3. The maximum Gasteiger partial charge on any atom is 0.241 e. The van der Waals surface area contributed by atoms with Gasteiger partial charge in [-0.15, -0.1) is 0 Å². The van der Waals surface area contributed by atoms with Crippen LogP contribution in [0.25, 0.3) is 10.8 Å². The van der Waals surface area contributed by atoms with Crippen LogP contribution in [0.5, 0.6) is 5.75 Å². The zero-order valence-corrected chi connectivity index (χ0v) is 12.1. The van der Waals surface area contributed by atoms with Crippen LogP contribution in [0.1, 0.15) is 24.8 Å². The predicted octanol–water partition coefficient (Wildman–Crippen LogP) is 2.04. The topological polar surface area (TPSA) is 78.4 Å². The van der Waals surface area contributed by atoms with Crippen molar-refractivity contribution in [3.05, 3.63) is 42.0 Å². The van der Waals surface area contributed by atoms with Crippen LogP contribution in [0, 0.1) is 5.92 Å².